The van der Waals surface area contributed by atoms with E-state index in [0.29, 0.717) is 24.5 Å². The first-order valence-electron chi connectivity index (χ1n) is 7.31. The van der Waals surface area contributed by atoms with Gasteiger partial charge in [0.25, 0.3) is 0 Å². The smallest absolute Gasteiger partial charge is 0.416 e. The molecule has 0 radical (unpaired) electrons. The van der Waals surface area contributed by atoms with Crippen molar-refractivity contribution >= 4 is 23.4 Å². The fraction of sp³-hybridized carbons (Fsp3) is 0.467. The van der Waals surface area contributed by atoms with Crippen LogP contribution in [-0.4, -0.2) is 61.0 Å². The van der Waals surface area contributed by atoms with E-state index in [-0.39, 0.29) is 12.5 Å². The number of nitrogens with zero attached hydrogens (tertiary/aromatic N) is 3. The van der Waals surface area contributed by atoms with Gasteiger partial charge in [0.15, 0.2) is 6.23 Å². The van der Waals surface area contributed by atoms with E-state index in [2.05, 4.69) is 0 Å². The van der Waals surface area contributed by atoms with E-state index in [9.17, 15) is 19.1 Å². The fourth-order valence-electron chi connectivity index (χ4n) is 2.64. The third-order valence-electron chi connectivity index (χ3n) is 4.17. The minimum Gasteiger partial charge on any atom is -0.423 e. The lowest BCUT2D eigenvalue weighted by Gasteiger charge is -2.38. The summed E-state index contributed by atoms with van der Waals surface area (Å²) >= 11 is 0. The van der Waals surface area contributed by atoms with E-state index < -0.39 is 24.2 Å². The number of amides is 2. The van der Waals surface area contributed by atoms with Crippen LogP contribution >= 0.6 is 0 Å². The highest BCUT2D eigenvalue weighted by Gasteiger charge is 2.36. The molecule has 1 unspecified atom stereocenters. The fourth-order valence-corrected chi connectivity index (χ4v) is 2.64. The molecule has 0 aromatic heterocycles. The minimum absolute atomic E-state index is 0.149. The molecule has 124 valence electrons. The van der Waals surface area contributed by atoms with Crippen LogP contribution in [0.1, 0.15) is 6.92 Å². The third-order valence-corrected chi connectivity index (χ3v) is 4.17. The summed E-state index contributed by atoms with van der Waals surface area (Å²) in [5.41, 5.74) is 0.765. The van der Waals surface area contributed by atoms with Crippen LogP contribution in [0, 0.1) is 5.82 Å². The average molecular weight is 323 g/mol. The Labute approximate surface area is 132 Å². The number of β-amino-alcohol motifs (C(OH)–C–C–N with tert-alkyl or cyclic N) is 1. The maximum Gasteiger partial charge on any atom is 0.416 e. The number of hydrogen-bond acceptors (Lipinski definition) is 5. The highest BCUT2D eigenvalue weighted by molar-refractivity contribution is 5.90. The molecule has 0 bridgehead atoms. The number of cyclic esters (lactones) is 1. The van der Waals surface area contributed by atoms with E-state index in [1.165, 1.54) is 22.8 Å². The first kappa shape index (κ1) is 15.5. The maximum atomic E-state index is 14.2. The summed E-state index contributed by atoms with van der Waals surface area (Å²) in [5, 5.41) is 9.29. The number of carbonyl (C=O) groups is 2. The van der Waals surface area contributed by atoms with Crippen LogP contribution in [-0.2, 0) is 9.53 Å². The second kappa shape index (κ2) is 5.69. The Morgan fingerprint density at radius 2 is 2.09 bits per heavy atom. The van der Waals surface area contributed by atoms with E-state index in [0.717, 1.165) is 0 Å². The lowest BCUT2D eigenvalue weighted by Crippen LogP contribution is -2.51. The van der Waals surface area contributed by atoms with E-state index in [1.54, 1.807) is 24.1 Å². The molecule has 2 heterocycles. The number of carbonyl (C=O) groups excluding carboxylic acids is 2. The zero-order valence-corrected chi connectivity index (χ0v) is 12.9. The van der Waals surface area contributed by atoms with Gasteiger partial charge in [0.2, 0.25) is 5.91 Å². The molecule has 7 nitrogen and oxygen atoms in total. The van der Waals surface area contributed by atoms with E-state index >= 15 is 0 Å². The molecule has 2 amide bonds. The highest BCUT2D eigenvalue weighted by atomic mass is 19.1. The molecular formula is C15H18FN3O4. The van der Waals surface area contributed by atoms with Crippen molar-refractivity contribution in [2.45, 2.75) is 19.3 Å². The summed E-state index contributed by atoms with van der Waals surface area (Å²) in [5.74, 6) is -0.687. The lowest BCUT2D eigenvalue weighted by atomic mass is 10.1. The predicted octanol–water partition coefficient (Wildman–Crippen LogP) is 0.768. The van der Waals surface area contributed by atoms with Gasteiger partial charge in [0, 0.05) is 27.1 Å². The quantitative estimate of drug-likeness (QED) is 0.889. The molecular weight excluding hydrogens is 305 g/mol. The molecule has 1 aromatic carbocycles. The largest absolute Gasteiger partial charge is 0.423 e. The van der Waals surface area contributed by atoms with Gasteiger partial charge < -0.3 is 19.6 Å². The first-order chi connectivity index (χ1) is 10.9. The number of benzene rings is 1. The van der Waals surface area contributed by atoms with Crippen LogP contribution in [0.3, 0.4) is 0 Å². The second-order valence-corrected chi connectivity index (χ2v) is 5.77. The van der Waals surface area contributed by atoms with Crippen LogP contribution in [0.5, 0.6) is 0 Å². The number of aliphatic hydroxyl groups is 1. The van der Waals surface area contributed by atoms with Crippen LogP contribution in [0.25, 0.3) is 0 Å². The van der Waals surface area contributed by atoms with Crippen molar-refractivity contribution in [3.8, 4) is 0 Å². The summed E-state index contributed by atoms with van der Waals surface area (Å²) in [7, 11) is 1.54. The number of anilines is 2. The van der Waals surface area contributed by atoms with E-state index in [1.807, 2.05) is 0 Å². The van der Waals surface area contributed by atoms with Gasteiger partial charge in [-0.1, -0.05) is 0 Å². The molecule has 3 rings (SSSR count). The van der Waals surface area contributed by atoms with Crippen LogP contribution in [0.15, 0.2) is 18.2 Å². The van der Waals surface area contributed by atoms with Crippen molar-refractivity contribution in [1.82, 2.24) is 4.90 Å². The SMILES string of the molecule is CC(=O)N(C)C1CN(c2ccc(N3CC(O)C3)c(F)c2)C(=O)O1. The van der Waals surface area contributed by atoms with Crippen LogP contribution in [0.4, 0.5) is 20.6 Å². The van der Waals surface area contributed by atoms with Gasteiger partial charge >= 0.3 is 6.09 Å². The van der Waals surface area contributed by atoms with Gasteiger partial charge in [-0.3, -0.25) is 9.69 Å². The van der Waals surface area contributed by atoms with Gasteiger partial charge in [0.05, 0.1) is 24.0 Å². The molecule has 0 spiro atoms. The third kappa shape index (κ3) is 2.81. The zero-order chi connectivity index (χ0) is 16.7. The normalized spacial score (nSPS) is 21.2. The minimum atomic E-state index is -0.687. The molecule has 23 heavy (non-hydrogen) atoms. The van der Waals surface area contributed by atoms with Crippen molar-refractivity contribution in [2.24, 2.45) is 0 Å². The Hall–Kier alpha value is -2.35. The molecule has 1 N–H and O–H groups in total. The molecule has 2 saturated heterocycles. The summed E-state index contributed by atoms with van der Waals surface area (Å²) in [6.07, 6.45) is -1.73. The molecule has 0 saturated carbocycles. The second-order valence-electron chi connectivity index (χ2n) is 5.77. The number of halogens is 1. The molecule has 2 fully saturated rings. The van der Waals surface area contributed by atoms with Crippen molar-refractivity contribution in [2.75, 3.05) is 36.5 Å². The molecule has 8 heteroatoms. The van der Waals surface area contributed by atoms with Crippen molar-refractivity contribution < 1.29 is 23.8 Å². The zero-order valence-electron chi connectivity index (χ0n) is 12.9. The summed E-state index contributed by atoms with van der Waals surface area (Å²) in [6, 6.07) is 4.46. The summed E-state index contributed by atoms with van der Waals surface area (Å²) < 4.78 is 19.4. The number of likely N-dealkylation sites (N-methyl/N-ethyl adjacent to an activating group) is 1. The monoisotopic (exact) mass is 323 g/mol. The lowest BCUT2D eigenvalue weighted by molar-refractivity contribution is -0.134. The maximum absolute atomic E-state index is 14.2. The Morgan fingerprint density at radius 3 is 2.65 bits per heavy atom. The van der Waals surface area contributed by atoms with Crippen molar-refractivity contribution in [3.05, 3.63) is 24.0 Å². The number of rotatable bonds is 3. The highest BCUT2D eigenvalue weighted by Crippen LogP contribution is 2.30. The average Bonchev–Trinajstić information content (AvgIpc) is 2.85. The van der Waals surface area contributed by atoms with Gasteiger partial charge in [-0.2, -0.15) is 0 Å². The van der Waals surface area contributed by atoms with Crippen molar-refractivity contribution in [1.29, 1.82) is 0 Å². The van der Waals surface area contributed by atoms with Gasteiger partial charge in [-0.25, -0.2) is 9.18 Å². The molecule has 2 aliphatic heterocycles. The number of hydrogen-bond donors (Lipinski definition) is 1. The standard InChI is InChI=1S/C15H18FN3O4/c1-9(20)17(2)14-8-19(15(22)23-14)10-3-4-13(12(16)5-10)18-6-11(21)7-18/h3-5,11,14,21H,6-8H2,1-2H3. The van der Waals surface area contributed by atoms with Gasteiger partial charge in [-0.05, 0) is 18.2 Å². The Morgan fingerprint density at radius 1 is 1.39 bits per heavy atom. The van der Waals surface area contributed by atoms with Gasteiger partial charge in [0.1, 0.15) is 5.82 Å². The molecule has 2 aliphatic rings. The summed E-state index contributed by atoms with van der Waals surface area (Å²) in [6.45, 7) is 2.32. The number of ether oxygens (including phenoxy) is 1. The molecule has 1 atom stereocenters. The van der Waals surface area contributed by atoms with Gasteiger partial charge in [-0.15, -0.1) is 0 Å². The van der Waals surface area contributed by atoms with Crippen molar-refractivity contribution in [3.63, 3.8) is 0 Å². The first-order valence-corrected chi connectivity index (χ1v) is 7.31. The van der Waals surface area contributed by atoms with Crippen LogP contribution in [0.2, 0.25) is 0 Å². The molecule has 1 aromatic rings. The summed E-state index contributed by atoms with van der Waals surface area (Å²) in [4.78, 5) is 27.6. The van der Waals surface area contributed by atoms with E-state index in [4.69, 9.17) is 4.74 Å². The Balaban J connectivity index is 1.76. The topological polar surface area (TPSA) is 73.3 Å². The Bertz CT molecular complexity index is 648. The molecule has 0 aliphatic carbocycles. The Kier molecular flexibility index (Phi) is 3.85. The van der Waals surface area contributed by atoms with Crippen LogP contribution < -0.4 is 9.80 Å². The number of aliphatic hydroxyl groups excluding tert-OH is 1. The predicted molar refractivity (Wildman–Crippen MR) is 80.7 cm³/mol.